The highest BCUT2D eigenvalue weighted by Crippen LogP contribution is 2.51. The number of aromatic nitrogens is 5. The number of benzene rings is 2. The van der Waals surface area contributed by atoms with Crippen LogP contribution in [0, 0.1) is 5.92 Å². The van der Waals surface area contributed by atoms with E-state index in [4.69, 9.17) is 19.7 Å². The van der Waals surface area contributed by atoms with Crippen molar-refractivity contribution in [2.24, 2.45) is 5.92 Å². The summed E-state index contributed by atoms with van der Waals surface area (Å²) in [7, 11) is 0. The Balaban J connectivity index is 1.49. The highest BCUT2D eigenvalue weighted by molar-refractivity contribution is 8.08. The van der Waals surface area contributed by atoms with E-state index >= 15 is 0 Å². The molecule has 1 fully saturated rings. The Morgan fingerprint density at radius 1 is 1.00 bits per heavy atom. The lowest BCUT2D eigenvalue weighted by Crippen LogP contribution is -2.25. The molecule has 0 radical (unpaired) electrons. The van der Waals surface area contributed by atoms with Gasteiger partial charge >= 0.3 is 5.97 Å². The van der Waals surface area contributed by atoms with Crippen LogP contribution in [0.15, 0.2) is 71.3 Å². The molecular weight excluding hydrogens is 510 g/mol. The van der Waals surface area contributed by atoms with E-state index in [1.807, 2.05) is 66.1 Å². The molecular formula is C30H27N5O3S. The van der Waals surface area contributed by atoms with Crippen molar-refractivity contribution < 1.29 is 9.53 Å². The molecule has 3 aromatic heterocycles. The second-order valence-electron chi connectivity index (χ2n) is 10.1. The van der Waals surface area contributed by atoms with Gasteiger partial charge in [-0.1, -0.05) is 55.3 Å². The summed E-state index contributed by atoms with van der Waals surface area (Å²) in [5, 5.41) is 1.31. The third-order valence-electron chi connectivity index (χ3n) is 7.72. The SMILES string of the molecule is CCOC(=O)C1=C(n2cnc3c(c2=O)c2nc4ccccc4nc2n3Cc2ccccc2)S[C@@H]2CCCC[C@H]12. The highest BCUT2D eigenvalue weighted by atomic mass is 32.2. The number of hydrogen-bond donors (Lipinski definition) is 0. The molecule has 39 heavy (non-hydrogen) atoms. The van der Waals surface area contributed by atoms with Crippen LogP contribution in [0.2, 0.25) is 0 Å². The summed E-state index contributed by atoms with van der Waals surface area (Å²) in [5.74, 6) is -0.248. The molecule has 5 aromatic rings. The summed E-state index contributed by atoms with van der Waals surface area (Å²) in [6.07, 6.45) is 5.69. The minimum atomic E-state index is -0.335. The number of nitrogens with zero attached hydrogens (tertiary/aromatic N) is 5. The molecule has 9 heteroatoms. The average Bonchev–Trinajstić information content (AvgIpc) is 3.49. The van der Waals surface area contributed by atoms with E-state index in [2.05, 4.69) is 0 Å². The van der Waals surface area contributed by atoms with Gasteiger partial charge in [-0.25, -0.2) is 19.7 Å². The zero-order valence-electron chi connectivity index (χ0n) is 21.5. The zero-order valence-corrected chi connectivity index (χ0v) is 22.4. The Morgan fingerprint density at radius 2 is 1.74 bits per heavy atom. The van der Waals surface area contributed by atoms with Gasteiger partial charge in [-0.3, -0.25) is 9.36 Å². The predicted molar refractivity (Wildman–Crippen MR) is 153 cm³/mol. The summed E-state index contributed by atoms with van der Waals surface area (Å²) in [6, 6.07) is 17.7. The van der Waals surface area contributed by atoms with Gasteiger partial charge in [0, 0.05) is 11.2 Å². The van der Waals surface area contributed by atoms with E-state index in [0.29, 0.717) is 51.5 Å². The van der Waals surface area contributed by atoms with E-state index in [1.165, 1.54) is 0 Å². The fraction of sp³-hybridized carbons (Fsp3) is 0.300. The van der Waals surface area contributed by atoms with Gasteiger partial charge in [-0.15, -0.1) is 11.8 Å². The van der Waals surface area contributed by atoms with Crippen LogP contribution < -0.4 is 5.56 Å². The number of esters is 1. The Bertz CT molecular complexity index is 1840. The number of carbonyl (C=O) groups is 1. The van der Waals surface area contributed by atoms with Crippen molar-refractivity contribution in [3.63, 3.8) is 0 Å². The molecule has 8 nitrogen and oxygen atoms in total. The normalized spacial score (nSPS) is 19.2. The van der Waals surface area contributed by atoms with Gasteiger partial charge in [0.1, 0.15) is 17.2 Å². The molecule has 1 saturated carbocycles. The van der Waals surface area contributed by atoms with Crippen LogP contribution in [0.5, 0.6) is 0 Å². The van der Waals surface area contributed by atoms with Crippen LogP contribution in [0.4, 0.5) is 0 Å². The molecule has 2 aromatic carbocycles. The first-order valence-corrected chi connectivity index (χ1v) is 14.3. The molecule has 0 unspecified atom stereocenters. The molecule has 0 saturated heterocycles. The lowest BCUT2D eigenvalue weighted by molar-refractivity contribution is -0.139. The molecule has 196 valence electrons. The number of fused-ring (bicyclic) bond motifs is 5. The van der Waals surface area contributed by atoms with Crippen LogP contribution in [-0.4, -0.2) is 41.9 Å². The third kappa shape index (κ3) is 3.95. The van der Waals surface area contributed by atoms with Gasteiger partial charge in [-0.2, -0.15) is 0 Å². The Kier molecular flexibility index (Phi) is 5.96. The van der Waals surface area contributed by atoms with E-state index in [9.17, 15) is 9.59 Å². The lowest BCUT2D eigenvalue weighted by atomic mass is 9.84. The van der Waals surface area contributed by atoms with Crippen molar-refractivity contribution in [2.45, 2.75) is 44.4 Å². The third-order valence-corrected chi connectivity index (χ3v) is 9.22. The molecule has 1 aliphatic heterocycles. The fourth-order valence-electron chi connectivity index (χ4n) is 5.93. The first kappa shape index (κ1) is 24.1. The summed E-state index contributed by atoms with van der Waals surface area (Å²) >= 11 is 1.61. The Labute approximate surface area is 228 Å². The van der Waals surface area contributed by atoms with E-state index in [0.717, 1.165) is 36.8 Å². The topological polar surface area (TPSA) is 91.9 Å². The Hall–Kier alpha value is -3.98. The van der Waals surface area contributed by atoms with Crippen LogP contribution in [0.25, 0.3) is 38.3 Å². The molecule has 0 bridgehead atoms. The molecule has 0 amide bonds. The smallest absolute Gasteiger partial charge is 0.337 e. The monoisotopic (exact) mass is 537 g/mol. The number of carbonyl (C=O) groups excluding carboxylic acids is 1. The fourth-order valence-corrected chi connectivity index (χ4v) is 7.55. The highest BCUT2D eigenvalue weighted by Gasteiger charge is 2.42. The van der Waals surface area contributed by atoms with E-state index < -0.39 is 0 Å². The van der Waals surface area contributed by atoms with Crippen LogP contribution in [0.1, 0.15) is 38.2 Å². The maximum atomic E-state index is 14.3. The van der Waals surface area contributed by atoms with Crippen LogP contribution >= 0.6 is 11.8 Å². The van der Waals surface area contributed by atoms with Crippen molar-refractivity contribution in [3.05, 3.63) is 82.4 Å². The molecule has 1 aliphatic carbocycles. The number of thioether (sulfide) groups is 1. The number of hydrogen-bond acceptors (Lipinski definition) is 7. The van der Waals surface area contributed by atoms with Gasteiger partial charge in [-0.05, 0) is 37.5 Å². The van der Waals surface area contributed by atoms with Crippen molar-refractivity contribution in [2.75, 3.05) is 6.61 Å². The molecule has 0 N–H and O–H groups in total. The summed E-state index contributed by atoms with van der Waals surface area (Å²) in [4.78, 5) is 42.1. The first-order chi connectivity index (χ1) is 19.1. The van der Waals surface area contributed by atoms with E-state index in [-0.39, 0.29) is 22.7 Å². The standard InChI is InChI=1S/C30H27N5O3S/c1-2-38-30(37)23-19-12-6-9-15-22(19)39-29(23)35-17-31-26-24(28(35)36)25-27(33-21-14-8-7-13-20(21)32-25)34(26)16-18-10-4-3-5-11-18/h3-5,7-8,10-11,13-14,17,19,22H,2,6,9,12,15-16H2,1H3/t19-,22+/m0/s1. The minimum absolute atomic E-state index is 0.0866. The molecule has 7 rings (SSSR count). The maximum absolute atomic E-state index is 14.3. The van der Waals surface area contributed by atoms with Gasteiger partial charge in [0.2, 0.25) is 0 Å². The number of ether oxygens (including phenoxy) is 1. The second-order valence-corrected chi connectivity index (χ2v) is 11.3. The zero-order chi connectivity index (χ0) is 26.5. The van der Waals surface area contributed by atoms with Gasteiger partial charge in [0.05, 0.1) is 34.8 Å². The molecule has 2 aliphatic rings. The predicted octanol–water partition coefficient (Wildman–Crippen LogP) is 5.38. The van der Waals surface area contributed by atoms with Crippen molar-refractivity contribution in [3.8, 4) is 0 Å². The molecule has 2 atom stereocenters. The largest absolute Gasteiger partial charge is 0.463 e. The Morgan fingerprint density at radius 3 is 2.54 bits per heavy atom. The number of para-hydroxylation sites is 2. The van der Waals surface area contributed by atoms with Crippen LogP contribution in [-0.2, 0) is 16.1 Å². The van der Waals surface area contributed by atoms with Crippen molar-refractivity contribution in [1.82, 2.24) is 24.1 Å². The van der Waals surface area contributed by atoms with Crippen molar-refractivity contribution in [1.29, 1.82) is 0 Å². The minimum Gasteiger partial charge on any atom is -0.463 e. The number of rotatable bonds is 5. The molecule has 4 heterocycles. The quantitative estimate of drug-likeness (QED) is 0.278. The van der Waals surface area contributed by atoms with Gasteiger partial charge in [0.15, 0.2) is 11.3 Å². The van der Waals surface area contributed by atoms with Gasteiger partial charge < -0.3 is 9.30 Å². The van der Waals surface area contributed by atoms with Crippen molar-refractivity contribution >= 4 is 56.0 Å². The average molecular weight is 538 g/mol. The lowest BCUT2D eigenvalue weighted by Gasteiger charge is -2.25. The summed E-state index contributed by atoms with van der Waals surface area (Å²) < 4.78 is 8.98. The first-order valence-electron chi connectivity index (χ1n) is 13.4. The molecule has 0 spiro atoms. The second kappa shape index (κ2) is 9.64. The summed E-state index contributed by atoms with van der Waals surface area (Å²) in [5.41, 5.74) is 4.57. The van der Waals surface area contributed by atoms with Gasteiger partial charge in [0.25, 0.3) is 5.56 Å². The van der Waals surface area contributed by atoms with E-state index in [1.54, 1.807) is 22.7 Å². The van der Waals surface area contributed by atoms with Crippen LogP contribution in [0.3, 0.4) is 0 Å². The summed E-state index contributed by atoms with van der Waals surface area (Å²) in [6.45, 7) is 2.60. The maximum Gasteiger partial charge on any atom is 0.337 e.